The van der Waals surface area contributed by atoms with Gasteiger partial charge in [0.1, 0.15) is 6.61 Å². The third kappa shape index (κ3) is 9.36. The molecule has 0 radical (unpaired) electrons. The number of carbonyl (C=O) groups excluding carboxylic acids is 1. The standard InChI is InChI=1S/C22H36O5/c1-16(2)8-10-20(25)17(3)7-6-13-22(5)21(27-22)11-9-19(15-23)12-14-26-18(4)24/h7-8,12,20-21,23,25H,6,9-11,13-15H2,1-5H3/b17-7+,19-12+. The van der Waals surface area contributed by atoms with Gasteiger partial charge in [-0.3, -0.25) is 4.79 Å². The molecule has 0 bridgehead atoms. The first-order chi connectivity index (χ1) is 12.7. The molecule has 1 fully saturated rings. The second-order valence-electron chi connectivity index (χ2n) is 7.80. The molecule has 27 heavy (non-hydrogen) atoms. The van der Waals surface area contributed by atoms with Crippen LogP contribution in [0.15, 0.2) is 34.9 Å². The van der Waals surface area contributed by atoms with E-state index in [1.165, 1.54) is 12.5 Å². The maximum Gasteiger partial charge on any atom is 0.302 e. The lowest BCUT2D eigenvalue weighted by Crippen LogP contribution is -2.11. The molecule has 154 valence electrons. The SMILES string of the molecule is CC(=O)OC/C=C(/CO)CCC1OC1(C)CC/C=C(\C)C(O)CC=C(C)C. The summed E-state index contributed by atoms with van der Waals surface area (Å²) < 4.78 is 10.7. The molecule has 0 amide bonds. The van der Waals surface area contributed by atoms with Crippen LogP contribution in [0.4, 0.5) is 0 Å². The molecule has 3 atom stereocenters. The molecule has 1 heterocycles. The van der Waals surface area contributed by atoms with E-state index in [4.69, 9.17) is 9.47 Å². The number of aliphatic hydroxyl groups excluding tert-OH is 2. The summed E-state index contributed by atoms with van der Waals surface area (Å²) in [6.45, 7) is 9.69. The normalized spacial score (nSPS) is 23.7. The van der Waals surface area contributed by atoms with Gasteiger partial charge in [0.2, 0.25) is 0 Å². The van der Waals surface area contributed by atoms with E-state index in [0.717, 1.165) is 36.8 Å². The van der Waals surface area contributed by atoms with Gasteiger partial charge in [0.05, 0.1) is 24.4 Å². The highest BCUT2D eigenvalue weighted by atomic mass is 16.6. The smallest absolute Gasteiger partial charge is 0.302 e. The number of carbonyl (C=O) groups is 1. The van der Waals surface area contributed by atoms with Crippen molar-refractivity contribution < 1.29 is 24.5 Å². The van der Waals surface area contributed by atoms with Gasteiger partial charge < -0.3 is 19.7 Å². The highest BCUT2D eigenvalue weighted by molar-refractivity contribution is 5.66. The maximum absolute atomic E-state index is 10.8. The van der Waals surface area contributed by atoms with Gasteiger partial charge in [0.25, 0.3) is 0 Å². The van der Waals surface area contributed by atoms with Crippen molar-refractivity contribution in [3.63, 3.8) is 0 Å². The Morgan fingerprint density at radius 2 is 1.93 bits per heavy atom. The van der Waals surface area contributed by atoms with Crippen molar-refractivity contribution in [1.29, 1.82) is 0 Å². The lowest BCUT2D eigenvalue weighted by molar-refractivity contribution is -0.139. The van der Waals surface area contributed by atoms with E-state index in [0.29, 0.717) is 6.42 Å². The summed E-state index contributed by atoms with van der Waals surface area (Å²) in [6, 6.07) is 0. The summed E-state index contributed by atoms with van der Waals surface area (Å²) in [6.07, 6.45) is 9.71. The van der Waals surface area contributed by atoms with Crippen LogP contribution < -0.4 is 0 Å². The van der Waals surface area contributed by atoms with E-state index >= 15 is 0 Å². The Labute approximate surface area is 163 Å². The fourth-order valence-electron chi connectivity index (χ4n) is 2.97. The molecule has 0 spiro atoms. The number of ether oxygens (including phenoxy) is 2. The molecule has 2 N–H and O–H groups in total. The van der Waals surface area contributed by atoms with Gasteiger partial charge in [0, 0.05) is 6.92 Å². The number of aliphatic hydroxyl groups is 2. The minimum Gasteiger partial charge on any atom is -0.462 e. The second-order valence-corrected chi connectivity index (χ2v) is 7.80. The van der Waals surface area contributed by atoms with E-state index in [9.17, 15) is 15.0 Å². The molecular weight excluding hydrogens is 344 g/mol. The van der Waals surface area contributed by atoms with E-state index in [2.05, 4.69) is 19.1 Å². The molecule has 0 aromatic rings. The third-order valence-electron chi connectivity index (χ3n) is 5.01. The first-order valence-corrected chi connectivity index (χ1v) is 9.76. The van der Waals surface area contributed by atoms with Gasteiger partial charge in [-0.25, -0.2) is 0 Å². The molecule has 1 saturated heterocycles. The van der Waals surface area contributed by atoms with Crippen molar-refractivity contribution in [2.24, 2.45) is 0 Å². The number of esters is 1. The topological polar surface area (TPSA) is 79.3 Å². The van der Waals surface area contributed by atoms with Crippen LogP contribution in [0.3, 0.4) is 0 Å². The predicted octanol–water partition coefficient (Wildman–Crippen LogP) is 3.85. The Balaban J connectivity index is 2.35. The van der Waals surface area contributed by atoms with Crippen LogP contribution in [0, 0.1) is 0 Å². The van der Waals surface area contributed by atoms with Gasteiger partial charge >= 0.3 is 5.97 Å². The van der Waals surface area contributed by atoms with Crippen molar-refractivity contribution in [2.45, 2.75) is 84.5 Å². The Hall–Kier alpha value is -1.43. The summed E-state index contributed by atoms with van der Waals surface area (Å²) in [4.78, 5) is 10.8. The fourth-order valence-corrected chi connectivity index (χ4v) is 2.97. The van der Waals surface area contributed by atoms with E-state index in [1.54, 1.807) is 6.08 Å². The van der Waals surface area contributed by atoms with Crippen molar-refractivity contribution in [2.75, 3.05) is 13.2 Å². The predicted molar refractivity (Wildman–Crippen MR) is 107 cm³/mol. The van der Waals surface area contributed by atoms with E-state index < -0.39 is 6.10 Å². The fraction of sp³-hybridized carbons (Fsp3) is 0.682. The average Bonchev–Trinajstić information content (AvgIpc) is 3.25. The summed E-state index contributed by atoms with van der Waals surface area (Å²) >= 11 is 0. The minimum atomic E-state index is -0.418. The second kappa shape index (κ2) is 11.4. The van der Waals surface area contributed by atoms with Crippen molar-refractivity contribution in [1.82, 2.24) is 0 Å². The molecular formula is C22H36O5. The number of hydrogen-bond donors (Lipinski definition) is 2. The molecule has 1 rings (SSSR count). The zero-order valence-corrected chi connectivity index (χ0v) is 17.5. The first kappa shape index (κ1) is 23.6. The van der Waals surface area contributed by atoms with Gasteiger partial charge in [-0.15, -0.1) is 0 Å². The number of allylic oxidation sites excluding steroid dienone is 2. The lowest BCUT2D eigenvalue weighted by Gasteiger charge is -2.10. The zero-order chi connectivity index (χ0) is 20.4. The summed E-state index contributed by atoms with van der Waals surface area (Å²) in [7, 11) is 0. The van der Waals surface area contributed by atoms with Crippen LogP contribution >= 0.6 is 0 Å². The highest BCUT2D eigenvalue weighted by Gasteiger charge is 2.50. The van der Waals surface area contributed by atoms with Gasteiger partial charge in [0.15, 0.2) is 0 Å². The van der Waals surface area contributed by atoms with Crippen LogP contribution in [-0.4, -0.2) is 47.2 Å². The Morgan fingerprint density at radius 1 is 1.22 bits per heavy atom. The van der Waals surface area contributed by atoms with E-state index in [-0.39, 0.29) is 30.9 Å². The van der Waals surface area contributed by atoms with Gasteiger partial charge in [-0.2, -0.15) is 0 Å². The van der Waals surface area contributed by atoms with Crippen LogP contribution in [0.2, 0.25) is 0 Å². The third-order valence-corrected chi connectivity index (χ3v) is 5.01. The van der Waals surface area contributed by atoms with E-state index in [1.807, 2.05) is 20.8 Å². The van der Waals surface area contributed by atoms with Crippen LogP contribution in [0.1, 0.15) is 66.7 Å². The monoisotopic (exact) mass is 380 g/mol. The van der Waals surface area contributed by atoms with Crippen molar-refractivity contribution in [3.05, 3.63) is 34.9 Å². The summed E-state index contributed by atoms with van der Waals surface area (Å²) in [5, 5.41) is 19.5. The summed E-state index contributed by atoms with van der Waals surface area (Å²) in [5.41, 5.74) is 2.96. The maximum atomic E-state index is 10.8. The molecule has 5 heteroatoms. The lowest BCUT2D eigenvalue weighted by atomic mass is 9.95. The summed E-state index contributed by atoms with van der Waals surface area (Å²) in [5.74, 6) is -0.323. The van der Waals surface area contributed by atoms with Crippen molar-refractivity contribution in [3.8, 4) is 0 Å². The average molecular weight is 381 g/mol. The Morgan fingerprint density at radius 3 is 2.52 bits per heavy atom. The molecule has 0 aliphatic carbocycles. The molecule has 1 aliphatic heterocycles. The first-order valence-electron chi connectivity index (χ1n) is 9.76. The quantitative estimate of drug-likeness (QED) is 0.305. The molecule has 3 unspecified atom stereocenters. The van der Waals surface area contributed by atoms with Crippen LogP contribution in [0.25, 0.3) is 0 Å². The Kier molecular flexibility index (Phi) is 9.99. The molecule has 5 nitrogen and oxygen atoms in total. The largest absolute Gasteiger partial charge is 0.462 e. The van der Waals surface area contributed by atoms with Gasteiger partial charge in [-0.1, -0.05) is 17.7 Å². The number of rotatable bonds is 12. The number of epoxide rings is 1. The molecule has 1 aliphatic rings. The molecule has 0 aromatic carbocycles. The number of hydrogen-bond acceptors (Lipinski definition) is 5. The molecule has 0 aromatic heterocycles. The minimum absolute atomic E-state index is 0.0315. The van der Waals surface area contributed by atoms with Gasteiger partial charge in [-0.05, 0) is 77.0 Å². The zero-order valence-electron chi connectivity index (χ0n) is 17.5. The highest BCUT2D eigenvalue weighted by Crippen LogP contribution is 2.43. The van der Waals surface area contributed by atoms with Crippen LogP contribution in [0.5, 0.6) is 0 Å². The Bertz CT molecular complexity index is 571. The van der Waals surface area contributed by atoms with Crippen molar-refractivity contribution >= 4 is 5.97 Å². The van der Waals surface area contributed by atoms with Crippen LogP contribution in [-0.2, 0) is 14.3 Å². The molecule has 0 saturated carbocycles.